The molecule has 0 unspecified atom stereocenters. The molecule has 0 radical (unpaired) electrons. The molecule has 0 spiro atoms. The molecule has 1 heterocycles. The third-order valence-corrected chi connectivity index (χ3v) is 3.59. The first-order chi connectivity index (χ1) is 9.60. The predicted octanol–water partition coefficient (Wildman–Crippen LogP) is 1.35. The standard InChI is InChI=1S/C15H19FN2O2/c1-2-18-10-12(9-14(18)19)15(20)17-8-7-11-3-5-13(16)6-4-11/h3-6,12H,2,7-10H2,1H3,(H,17,20)/t12-/m0/s1. The maximum Gasteiger partial charge on any atom is 0.225 e. The van der Waals surface area contributed by atoms with Crippen LogP contribution in [0.5, 0.6) is 0 Å². The SMILES string of the molecule is CCN1C[C@@H](C(=O)NCCc2ccc(F)cc2)CC1=O. The van der Waals surface area contributed by atoms with Crippen molar-refractivity contribution in [3.63, 3.8) is 0 Å². The molecule has 0 aromatic heterocycles. The molecule has 1 fully saturated rings. The van der Waals surface area contributed by atoms with Crippen LogP contribution in [0.1, 0.15) is 18.9 Å². The van der Waals surface area contributed by atoms with Gasteiger partial charge in [-0.05, 0) is 31.0 Å². The Balaban J connectivity index is 1.76. The lowest BCUT2D eigenvalue weighted by atomic mass is 10.1. The fourth-order valence-corrected chi connectivity index (χ4v) is 2.38. The number of hydrogen-bond acceptors (Lipinski definition) is 2. The number of benzene rings is 1. The fraction of sp³-hybridized carbons (Fsp3) is 0.467. The Hall–Kier alpha value is -1.91. The van der Waals surface area contributed by atoms with Crippen LogP contribution in [0.4, 0.5) is 4.39 Å². The second-order valence-electron chi connectivity index (χ2n) is 5.00. The molecule has 1 atom stereocenters. The Bertz CT molecular complexity index is 487. The van der Waals surface area contributed by atoms with Crippen LogP contribution in [0.25, 0.3) is 0 Å². The van der Waals surface area contributed by atoms with Gasteiger partial charge in [-0.15, -0.1) is 0 Å². The molecule has 2 amide bonds. The molecule has 2 rings (SSSR count). The van der Waals surface area contributed by atoms with Crippen molar-refractivity contribution in [3.8, 4) is 0 Å². The topological polar surface area (TPSA) is 49.4 Å². The minimum atomic E-state index is -0.262. The first kappa shape index (κ1) is 14.5. The quantitative estimate of drug-likeness (QED) is 0.884. The van der Waals surface area contributed by atoms with Gasteiger partial charge in [0.15, 0.2) is 0 Å². The van der Waals surface area contributed by atoms with Crippen molar-refractivity contribution < 1.29 is 14.0 Å². The molecule has 1 aromatic rings. The van der Waals surface area contributed by atoms with Crippen molar-refractivity contribution in [1.82, 2.24) is 10.2 Å². The molecule has 1 N–H and O–H groups in total. The number of nitrogens with one attached hydrogen (secondary N) is 1. The Labute approximate surface area is 118 Å². The summed E-state index contributed by atoms with van der Waals surface area (Å²) in [4.78, 5) is 25.2. The van der Waals surface area contributed by atoms with Gasteiger partial charge in [-0.2, -0.15) is 0 Å². The minimum absolute atomic E-state index is 0.0474. The number of likely N-dealkylation sites (tertiary alicyclic amines) is 1. The Kier molecular flexibility index (Phi) is 4.71. The molecule has 0 aliphatic carbocycles. The smallest absolute Gasteiger partial charge is 0.225 e. The van der Waals surface area contributed by atoms with E-state index in [9.17, 15) is 14.0 Å². The maximum absolute atomic E-state index is 12.7. The van der Waals surface area contributed by atoms with Gasteiger partial charge < -0.3 is 10.2 Å². The first-order valence-corrected chi connectivity index (χ1v) is 6.90. The molecular formula is C15H19FN2O2. The maximum atomic E-state index is 12.7. The summed E-state index contributed by atoms with van der Waals surface area (Å²) < 4.78 is 12.7. The average molecular weight is 278 g/mol. The van der Waals surface area contributed by atoms with Crippen molar-refractivity contribution in [1.29, 1.82) is 0 Å². The van der Waals surface area contributed by atoms with Crippen molar-refractivity contribution >= 4 is 11.8 Å². The van der Waals surface area contributed by atoms with Crippen molar-refractivity contribution in [2.45, 2.75) is 19.8 Å². The number of hydrogen-bond donors (Lipinski definition) is 1. The summed E-state index contributed by atoms with van der Waals surface area (Å²) in [5.74, 6) is -0.528. The molecule has 0 bridgehead atoms. The molecule has 1 aromatic carbocycles. The van der Waals surface area contributed by atoms with E-state index in [0.717, 1.165) is 5.56 Å². The zero-order valence-corrected chi connectivity index (χ0v) is 11.6. The molecule has 20 heavy (non-hydrogen) atoms. The molecule has 1 saturated heterocycles. The van der Waals surface area contributed by atoms with Crippen molar-refractivity contribution in [2.75, 3.05) is 19.6 Å². The van der Waals surface area contributed by atoms with Crippen LogP contribution >= 0.6 is 0 Å². The Morgan fingerprint density at radius 3 is 2.70 bits per heavy atom. The van der Waals surface area contributed by atoms with E-state index in [4.69, 9.17) is 0 Å². The van der Waals surface area contributed by atoms with Gasteiger partial charge in [-0.1, -0.05) is 12.1 Å². The molecule has 4 nitrogen and oxygen atoms in total. The van der Waals surface area contributed by atoms with E-state index in [0.29, 0.717) is 32.5 Å². The lowest BCUT2D eigenvalue weighted by molar-refractivity contribution is -0.128. The van der Waals surface area contributed by atoms with Gasteiger partial charge in [0.25, 0.3) is 0 Å². The lowest BCUT2D eigenvalue weighted by Crippen LogP contribution is -2.34. The highest BCUT2D eigenvalue weighted by molar-refractivity contribution is 5.89. The van der Waals surface area contributed by atoms with Crippen LogP contribution in [0.2, 0.25) is 0 Å². The molecule has 0 saturated carbocycles. The lowest BCUT2D eigenvalue weighted by Gasteiger charge is -2.13. The third-order valence-electron chi connectivity index (χ3n) is 3.59. The van der Waals surface area contributed by atoms with Gasteiger partial charge >= 0.3 is 0 Å². The number of halogens is 1. The average Bonchev–Trinajstić information content (AvgIpc) is 2.82. The summed E-state index contributed by atoms with van der Waals surface area (Å²) in [6.07, 6.45) is 0.959. The van der Waals surface area contributed by atoms with Gasteiger partial charge in [0.05, 0.1) is 5.92 Å². The Morgan fingerprint density at radius 2 is 2.10 bits per heavy atom. The van der Waals surface area contributed by atoms with E-state index in [1.807, 2.05) is 6.92 Å². The van der Waals surface area contributed by atoms with Gasteiger partial charge in [0, 0.05) is 26.1 Å². The summed E-state index contributed by atoms with van der Waals surface area (Å²) in [5.41, 5.74) is 0.976. The summed E-state index contributed by atoms with van der Waals surface area (Å²) in [7, 11) is 0. The number of amides is 2. The van der Waals surface area contributed by atoms with E-state index >= 15 is 0 Å². The van der Waals surface area contributed by atoms with E-state index in [-0.39, 0.29) is 23.5 Å². The molecule has 108 valence electrons. The van der Waals surface area contributed by atoms with Crippen molar-refractivity contribution in [3.05, 3.63) is 35.6 Å². The summed E-state index contributed by atoms with van der Waals surface area (Å²) >= 11 is 0. The molecular weight excluding hydrogens is 259 g/mol. The van der Waals surface area contributed by atoms with Crippen LogP contribution in [-0.2, 0) is 16.0 Å². The van der Waals surface area contributed by atoms with Crippen LogP contribution < -0.4 is 5.32 Å². The van der Waals surface area contributed by atoms with Crippen LogP contribution in [0, 0.1) is 11.7 Å². The fourth-order valence-electron chi connectivity index (χ4n) is 2.38. The molecule has 5 heteroatoms. The van der Waals surface area contributed by atoms with E-state index in [1.54, 1.807) is 17.0 Å². The normalized spacial score (nSPS) is 18.4. The summed E-state index contributed by atoms with van der Waals surface area (Å²) in [6, 6.07) is 6.23. The second kappa shape index (κ2) is 6.50. The highest BCUT2D eigenvalue weighted by Crippen LogP contribution is 2.17. The molecule has 1 aliphatic rings. The highest BCUT2D eigenvalue weighted by atomic mass is 19.1. The Morgan fingerprint density at radius 1 is 1.40 bits per heavy atom. The predicted molar refractivity (Wildman–Crippen MR) is 73.5 cm³/mol. The van der Waals surface area contributed by atoms with Crippen LogP contribution in [-0.4, -0.2) is 36.3 Å². The van der Waals surface area contributed by atoms with Crippen LogP contribution in [0.3, 0.4) is 0 Å². The largest absolute Gasteiger partial charge is 0.355 e. The van der Waals surface area contributed by atoms with Gasteiger partial charge in [-0.3, -0.25) is 9.59 Å². The van der Waals surface area contributed by atoms with Gasteiger partial charge in [-0.25, -0.2) is 4.39 Å². The van der Waals surface area contributed by atoms with Gasteiger partial charge in [0.1, 0.15) is 5.82 Å². The van der Waals surface area contributed by atoms with Crippen LogP contribution in [0.15, 0.2) is 24.3 Å². The van der Waals surface area contributed by atoms with E-state index in [1.165, 1.54) is 12.1 Å². The molecule has 1 aliphatic heterocycles. The van der Waals surface area contributed by atoms with E-state index in [2.05, 4.69) is 5.32 Å². The van der Waals surface area contributed by atoms with E-state index < -0.39 is 0 Å². The van der Waals surface area contributed by atoms with Crippen molar-refractivity contribution in [2.24, 2.45) is 5.92 Å². The number of carbonyl (C=O) groups is 2. The number of nitrogens with zero attached hydrogens (tertiary/aromatic N) is 1. The highest BCUT2D eigenvalue weighted by Gasteiger charge is 2.32. The minimum Gasteiger partial charge on any atom is -0.355 e. The number of carbonyl (C=O) groups excluding carboxylic acids is 2. The monoisotopic (exact) mass is 278 g/mol. The number of rotatable bonds is 5. The first-order valence-electron chi connectivity index (χ1n) is 6.90. The zero-order valence-electron chi connectivity index (χ0n) is 11.6. The zero-order chi connectivity index (χ0) is 14.5. The summed E-state index contributed by atoms with van der Waals surface area (Å²) in [6.45, 7) is 3.57. The third kappa shape index (κ3) is 3.56. The summed E-state index contributed by atoms with van der Waals surface area (Å²) in [5, 5.41) is 2.84. The second-order valence-corrected chi connectivity index (χ2v) is 5.00. The van der Waals surface area contributed by atoms with Gasteiger partial charge in [0.2, 0.25) is 11.8 Å².